The molecule has 0 saturated heterocycles. The van der Waals surface area contributed by atoms with Crippen molar-refractivity contribution in [2.45, 2.75) is 13.0 Å². The summed E-state index contributed by atoms with van der Waals surface area (Å²) in [5.74, 6) is -0.0306. The van der Waals surface area contributed by atoms with Gasteiger partial charge in [-0.25, -0.2) is 9.37 Å². The summed E-state index contributed by atoms with van der Waals surface area (Å²) in [6, 6.07) is 18.1. The Bertz CT molecular complexity index is 1240. The van der Waals surface area contributed by atoms with Gasteiger partial charge in [0.15, 0.2) is 0 Å². The molecule has 0 saturated carbocycles. The van der Waals surface area contributed by atoms with Gasteiger partial charge >= 0.3 is 0 Å². The van der Waals surface area contributed by atoms with E-state index >= 15 is 0 Å². The Morgan fingerprint density at radius 2 is 1.75 bits per heavy atom. The van der Waals surface area contributed by atoms with Crippen LogP contribution in [-0.2, 0) is 13.0 Å². The van der Waals surface area contributed by atoms with Crippen molar-refractivity contribution in [2.75, 3.05) is 0 Å². The van der Waals surface area contributed by atoms with Crippen LogP contribution in [0.1, 0.15) is 5.56 Å². The van der Waals surface area contributed by atoms with Gasteiger partial charge in [0.2, 0.25) is 0 Å². The molecule has 3 aromatic carbocycles. The molecule has 28 heavy (non-hydrogen) atoms. The van der Waals surface area contributed by atoms with Crippen LogP contribution in [0, 0.1) is 5.82 Å². The largest absolute Gasteiger partial charge is 0.507 e. The fourth-order valence-electron chi connectivity index (χ4n) is 3.22. The molecule has 1 aromatic heterocycles. The van der Waals surface area contributed by atoms with Gasteiger partial charge in [-0.15, -0.1) is 0 Å². The monoisotopic (exact) mass is 394 g/mol. The predicted molar refractivity (Wildman–Crippen MR) is 108 cm³/mol. The van der Waals surface area contributed by atoms with Gasteiger partial charge in [-0.05, 0) is 42.3 Å². The molecule has 0 amide bonds. The van der Waals surface area contributed by atoms with Crippen molar-refractivity contribution in [3.63, 3.8) is 0 Å². The highest BCUT2D eigenvalue weighted by molar-refractivity contribution is 6.35. The summed E-state index contributed by atoms with van der Waals surface area (Å²) in [7, 11) is 0. The Kier molecular flexibility index (Phi) is 4.84. The van der Waals surface area contributed by atoms with Crippen LogP contribution < -0.4 is 5.56 Å². The number of rotatable bonds is 4. The Hall–Kier alpha value is -3.18. The smallest absolute Gasteiger partial charge is 0.261 e. The van der Waals surface area contributed by atoms with Crippen molar-refractivity contribution in [3.05, 3.63) is 93.5 Å². The molecule has 0 fully saturated rings. The molecule has 0 unspecified atom stereocenters. The number of aromatic nitrogens is 2. The number of benzene rings is 3. The number of aryl methyl sites for hydroxylation is 1. The predicted octanol–water partition coefficient (Wildman–Crippen LogP) is 4.80. The van der Waals surface area contributed by atoms with Crippen LogP contribution in [0.5, 0.6) is 5.75 Å². The third-order valence-electron chi connectivity index (χ3n) is 4.64. The number of fused-ring (bicyclic) bond motifs is 1. The average molecular weight is 395 g/mol. The van der Waals surface area contributed by atoms with Crippen LogP contribution in [-0.4, -0.2) is 14.7 Å². The highest BCUT2D eigenvalue weighted by atomic mass is 35.5. The lowest BCUT2D eigenvalue weighted by Gasteiger charge is -2.15. The molecular weight excluding hydrogens is 379 g/mol. The Morgan fingerprint density at radius 1 is 1.00 bits per heavy atom. The van der Waals surface area contributed by atoms with Crippen LogP contribution in [0.3, 0.4) is 0 Å². The van der Waals surface area contributed by atoms with E-state index in [2.05, 4.69) is 4.98 Å². The molecule has 0 bridgehead atoms. The summed E-state index contributed by atoms with van der Waals surface area (Å²) < 4.78 is 15.5. The van der Waals surface area contributed by atoms with Gasteiger partial charge in [-0.3, -0.25) is 9.36 Å². The molecular formula is C22H16ClFN2O2. The second kappa shape index (κ2) is 7.44. The summed E-state index contributed by atoms with van der Waals surface area (Å²) in [6.45, 7) is 0.207. The number of aromatic hydroxyl groups is 1. The van der Waals surface area contributed by atoms with E-state index in [1.54, 1.807) is 54.6 Å². The minimum absolute atomic E-state index is 0.000412. The Labute approximate surface area is 165 Å². The molecule has 140 valence electrons. The minimum Gasteiger partial charge on any atom is -0.507 e. The number of phenols is 1. The van der Waals surface area contributed by atoms with Crippen LogP contribution in [0.4, 0.5) is 4.39 Å². The number of phenolic OH excluding ortho intramolecular Hbond substituents is 1. The van der Waals surface area contributed by atoms with E-state index in [0.717, 1.165) is 0 Å². The fraction of sp³-hybridized carbons (Fsp3) is 0.0909. The van der Waals surface area contributed by atoms with E-state index in [-0.39, 0.29) is 23.7 Å². The number of nitrogens with zero attached hydrogens (tertiary/aromatic N) is 2. The summed E-state index contributed by atoms with van der Waals surface area (Å²) in [5.41, 5.74) is 0.996. The van der Waals surface area contributed by atoms with Crippen LogP contribution in [0.15, 0.2) is 71.5 Å². The second-order valence-corrected chi connectivity index (χ2v) is 6.79. The minimum atomic E-state index is -0.323. The third kappa shape index (κ3) is 3.25. The molecule has 0 atom stereocenters. The maximum atomic E-state index is 14.0. The Balaban J connectivity index is 1.91. The van der Waals surface area contributed by atoms with Gasteiger partial charge < -0.3 is 5.11 Å². The zero-order valence-corrected chi connectivity index (χ0v) is 15.5. The molecule has 0 radical (unpaired) electrons. The van der Waals surface area contributed by atoms with Gasteiger partial charge in [0, 0.05) is 6.54 Å². The van der Waals surface area contributed by atoms with Crippen LogP contribution in [0.2, 0.25) is 5.02 Å². The zero-order chi connectivity index (χ0) is 19.7. The molecule has 4 rings (SSSR count). The maximum absolute atomic E-state index is 14.0. The van der Waals surface area contributed by atoms with E-state index in [9.17, 15) is 14.3 Å². The van der Waals surface area contributed by atoms with Gasteiger partial charge in [-0.2, -0.15) is 0 Å². The molecule has 0 aliphatic rings. The number of halogens is 2. The van der Waals surface area contributed by atoms with Gasteiger partial charge in [0.05, 0.1) is 21.5 Å². The average Bonchev–Trinajstić information content (AvgIpc) is 2.69. The van der Waals surface area contributed by atoms with Crippen molar-refractivity contribution in [3.8, 4) is 17.1 Å². The summed E-state index contributed by atoms with van der Waals surface area (Å²) >= 11 is 6.25. The molecule has 0 aliphatic heterocycles. The topological polar surface area (TPSA) is 55.1 Å². The second-order valence-electron chi connectivity index (χ2n) is 6.39. The summed E-state index contributed by atoms with van der Waals surface area (Å²) in [5, 5.41) is 11.0. The zero-order valence-electron chi connectivity index (χ0n) is 14.8. The molecule has 4 aromatic rings. The standard InChI is InChI=1S/C22H16ClFN2O2/c23-17-9-5-8-16-20(17)25-21(15-7-2-4-11-19(15)27)26(22(16)28)13-12-14-6-1-3-10-18(14)24/h1-11,27H,12-13H2. The fourth-order valence-corrected chi connectivity index (χ4v) is 3.44. The molecule has 1 N–H and O–H groups in total. The van der Waals surface area contributed by atoms with Gasteiger partial charge in [-0.1, -0.05) is 48.0 Å². The molecule has 6 heteroatoms. The molecule has 0 spiro atoms. The van der Waals surface area contributed by atoms with Crippen molar-refractivity contribution in [2.24, 2.45) is 0 Å². The lowest BCUT2D eigenvalue weighted by molar-refractivity contribution is 0.476. The first-order valence-corrected chi connectivity index (χ1v) is 9.15. The van der Waals surface area contributed by atoms with E-state index in [1.807, 2.05) is 0 Å². The van der Waals surface area contributed by atoms with E-state index < -0.39 is 0 Å². The van der Waals surface area contributed by atoms with Crippen LogP contribution in [0.25, 0.3) is 22.3 Å². The lowest BCUT2D eigenvalue weighted by atomic mass is 10.1. The lowest BCUT2D eigenvalue weighted by Crippen LogP contribution is -2.24. The van der Waals surface area contributed by atoms with Crippen LogP contribution >= 0.6 is 11.6 Å². The first-order chi connectivity index (χ1) is 13.6. The molecule has 0 aliphatic carbocycles. The normalized spacial score (nSPS) is 11.1. The quantitative estimate of drug-likeness (QED) is 0.540. The van der Waals surface area contributed by atoms with Crippen molar-refractivity contribution >= 4 is 22.5 Å². The first-order valence-electron chi connectivity index (χ1n) is 8.77. The highest BCUT2D eigenvalue weighted by Crippen LogP contribution is 2.29. The van der Waals surface area contributed by atoms with E-state index in [4.69, 9.17) is 11.6 Å². The summed E-state index contributed by atoms with van der Waals surface area (Å²) in [6.07, 6.45) is 0.306. The van der Waals surface area contributed by atoms with Gasteiger partial charge in [0.1, 0.15) is 17.4 Å². The van der Waals surface area contributed by atoms with Crippen molar-refractivity contribution < 1.29 is 9.50 Å². The Morgan fingerprint density at radius 3 is 2.54 bits per heavy atom. The SMILES string of the molecule is O=c1c2cccc(Cl)c2nc(-c2ccccc2O)n1CCc1ccccc1F. The van der Waals surface area contributed by atoms with Gasteiger partial charge in [0.25, 0.3) is 5.56 Å². The molecule has 1 heterocycles. The number of para-hydroxylation sites is 2. The summed E-state index contributed by atoms with van der Waals surface area (Å²) in [4.78, 5) is 17.8. The number of hydrogen-bond acceptors (Lipinski definition) is 3. The first kappa shape index (κ1) is 18.2. The number of hydrogen-bond donors (Lipinski definition) is 1. The third-order valence-corrected chi connectivity index (χ3v) is 4.95. The van der Waals surface area contributed by atoms with E-state index in [0.29, 0.717) is 39.3 Å². The van der Waals surface area contributed by atoms with E-state index in [1.165, 1.54) is 16.7 Å². The maximum Gasteiger partial charge on any atom is 0.261 e. The van der Waals surface area contributed by atoms with Crippen molar-refractivity contribution in [1.82, 2.24) is 9.55 Å². The molecule has 4 nitrogen and oxygen atoms in total. The van der Waals surface area contributed by atoms with Crippen molar-refractivity contribution in [1.29, 1.82) is 0 Å². The highest BCUT2D eigenvalue weighted by Gasteiger charge is 2.17.